The SMILES string of the molecule is COc1ccc(-c2nc(N)nc(N)c2C#N)cc1COCC(F)(F)F. The first-order valence-corrected chi connectivity index (χ1v) is 6.90. The van der Waals surface area contributed by atoms with Crippen molar-refractivity contribution in [2.75, 3.05) is 25.2 Å². The van der Waals surface area contributed by atoms with Gasteiger partial charge in [-0.1, -0.05) is 0 Å². The summed E-state index contributed by atoms with van der Waals surface area (Å²) in [6.07, 6.45) is -4.44. The normalized spacial score (nSPS) is 11.2. The van der Waals surface area contributed by atoms with E-state index < -0.39 is 12.8 Å². The number of nitrogen functional groups attached to an aromatic ring is 2. The van der Waals surface area contributed by atoms with Crippen molar-refractivity contribution in [3.63, 3.8) is 0 Å². The molecule has 0 unspecified atom stereocenters. The van der Waals surface area contributed by atoms with Crippen molar-refractivity contribution in [2.24, 2.45) is 0 Å². The van der Waals surface area contributed by atoms with E-state index in [0.29, 0.717) is 16.9 Å². The van der Waals surface area contributed by atoms with E-state index in [-0.39, 0.29) is 29.6 Å². The summed E-state index contributed by atoms with van der Waals surface area (Å²) in [6, 6.07) is 6.48. The Labute approximate surface area is 141 Å². The van der Waals surface area contributed by atoms with Crippen LogP contribution in [0.3, 0.4) is 0 Å². The number of halogens is 3. The maximum absolute atomic E-state index is 12.2. The van der Waals surface area contributed by atoms with Crippen LogP contribution < -0.4 is 16.2 Å². The Morgan fingerprint density at radius 1 is 1.24 bits per heavy atom. The van der Waals surface area contributed by atoms with Crippen LogP contribution in [0.4, 0.5) is 24.9 Å². The number of benzene rings is 1. The molecule has 2 rings (SSSR count). The molecule has 1 heterocycles. The third-order valence-electron chi connectivity index (χ3n) is 3.14. The van der Waals surface area contributed by atoms with Crippen LogP contribution in [0.25, 0.3) is 11.3 Å². The van der Waals surface area contributed by atoms with Gasteiger partial charge in [0.25, 0.3) is 0 Å². The standard InChI is InChI=1S/C15H14F3N5O2/c1-24-11-3-2-8(4-9(11)6-25-7-15(16,17)18)12-10(5-19)13(20)23-14(21)22-12/h2-4H,6-7H2,1H3,(H4,20,21,22,23). The molecule has 1 aromatic heterocycles. The Morgan fingerprint density at radius 2 is 1.96 bits per heavy atom. The Balaban J connectivity index is 2.41. The van der Waals surface area contributed by atoms with E-state index >= 15 is 0 Å². The van der Waals surface area contributed by atoms with Crippen LogP contribution in [0.5, 0.6) is 5.75 Å². The Hall–Kier alpha value is -3.06. The lowest BCUT2D eigenvalue weighted by Crippen LogP contribution is -2.16. The highest BCUT2D eigenvalue weighted by molar-refractivity contribution is 5.74. The predicted octanol–water partition coefficient (Wildman–Crippen LogP) is 2.27. The van der Waals surface area contributed by atoms with Gasteiger partial charge in [-0.05, 0) is 18.2 Å². The summed E-state index contributed by atoms with van der Waals surface area (Å²) in [5, 5.41) is 9.23. The molecule has 0 fully saturated rings. The molecule has 0 aliphatic carbocycles. The van der Waals surface area contributed by atoms with Crippen molar-refractivity contribution in [3.8, 4) is 23.1 Å². The molecule has 0 amide bonds. The van der Waals surface area contributed by atoms with Gasteiger partial charge in [-0.2, -0.15) is 23.4 Å². The molecule has 0 aliphatic heterocycles. The first kappa shape index (κ1) is 18.3. The van der Waals surface area contributed by atoms with Crippen molar-refractivity contribution in [1.82, 2.24) is 9.97 Å². The highest BCUT2D eigenvalue weighted by Crippen LogP contribution is 2.30. The van der Waals surface area contributed by atoms with Gasteiger partial charge in [0, 0.05) is 11.1 Å². The minimum atomic E-state index is -4.44. The maximum Gasteiger partial charge on any atom is 0.411 e. The van der Waals surface area contributed by atoms with Gasteiger partial charge in [0.05, 0.1) is 19.4 Å². The molecule has 10 heteroatoms. The molecule has 132 valence electrons. The number of ether oxygens (including phenoxy) is 2. The third kappa shape index (κ3) is 4.48. The number of aromatic nitrogens is 2. The number of hydrogen-bond donors (Lipinski definition) is 2. The van der Waals surface area contributed by atoms with Crippen molar-refractivity contribution < 1.29 is 22.6 Å². The van der Waals surface area contributed by atoms with Crippen molar-refractivity contribution in [1.29, 1.82) is 5.26 Å². The molecule has 4 N–H and O–H groups in total. The zero-order valence-corrected chi connectivity index (χ0v) is 13.1. The van der Waals surface area contributed by atoms with E-state index in [0.717, 1.165) is 0 Å². The quantitative estimate of drug-likeness (QED) is 0.846. The number of nitrogens with two attached hydrogens (primary N) is 2. The molecule has 1 aromatic carbocycles. The van der Waals surface area contributed by atoms with E-state index in [4.69, 9.17) is 16.2 Å². The zero-order chi connectivity index (χ0) is 18.6. The highest BCUT2D eigenvalue weighted by atomic mass is 19.4. The van der Waals surface area contributed by atoms with Crippen LogP contribution in [0.15, 0.2) is 18.2 Å². The number of methoxy groups -OCH3 is 1. The summed E-state index contributed by atoms with van der Waals surface area (Å²) in [5.41, 5.74) is 12.2. The first-order chi connectivity index (χ1) is 11.7. The highest BCUT2D eigenvalue weighted by Gasteiger charge is 2.27. The molecule has 25 heavy (non-hydrogen) atoms. The smallest absolute Gasteiger partial charge is 0.411 e. The molecule has 0 aliphatic rings. The average molecular weight is 353 g/mol. The fourth-order valence-corrected chi connectivity index (χ4v) is 2.13. The molecular formula is C15H14F3N5O2. The number of nitriles is 1. The van der Waals surface area contributed by atoms with Gasteiger partial charge in [-0.15, -0.1) is 0 Å². The van der Waals surface area contributed by atoms with Crippen molar-refractivity contribution >= 4 is 11.8 Å². The van der Waals surface area contributed by atoms with Crippen molar-refractivity contribution in [2.45, 2.75) is 12.8 Å². The lowest BCUT2D eigenvalue weighted by molar-refractivity contribution is -0.176. The molecule has 0 bridgehead atoms. The summed E-state index contributed by atoms with van der Waals surface area (Å²) in [6.45, 7) is -1.73. The first-order valence-electron chi connectivity index (χ1n) is 6.90. The van der Waals surface area contributed by atoms with E-state index in [1.165, 1.54) is 19.2 Å². The number of rotatable bonds is 5. The predicted molar refractivity (Wildman–Crippen MR) is 83.3 cm³/mol. The van der Waals surface area contributed by atoms with Crippen LogP contribution in [-0.4, -0.2) is 29.9 Å². The van der Waals surface area contributed by atoms with E-state index in [2.05, 4.69) is 14.7 Å². The number of alkyl halides is 3. The molecule has 2 aromatic rings. The second kappa shape index (κ2) is 7.23. The van der Waals surface area contributed by atoms with E-state index in [9.17, 15) is 18.4 Å². The van der Waals surface area contributed by atoms with Crippen LogP contribution in [-0.2, 0) is 11.3 Å². The fourth-order valence-electron chi connectivity index (χ4n) is 2.13. The molecule has 0 spiro atoms. The minimum Gasteiger partial charge on any atom is -0.496 e. The molecule has 0 saturated carbocycles. The lowest BCUT2D eigenvalue weighted by atomic mass is 10.0. The Kier molecular flexibility index (Phi) is 5.29. The van der Waals surface area contributed by atoms with Gasteiger partial charge in [0.1, 0.15) is 29.8 Å². The topological polar surface area (TPSA) is 120 Å². The van der Waals surface area contributed by atoms with Crippen LogP contribution in [0.2, 0.25) is 0 Å². The zero-order valence-electron chi connectivity index (χ0n) is 13.1. The lowest BCUT2D eigenvalue weighted by Gasteiger charge is -2.13. The monoisotopic (exact) mass is 353 g/mol. The summed E-state index contributed by atoms with van der Waals surface area (Å²) < 4.78 is 46.5. The second-order valence-corrected chi connectivity index (χ2v) is 4.94. The fraction of sp³-hybridized carbons (Fsp3) is 0.267. The summed E-state index contributed by atoms with van der Waals surface area (Å²) in [4.78, 5) is 7.70. The van der Waals surface area contributed by atoms with Crippen LogP contribution >= 0.6 is 0 Å². The maximum atomic E-state index is 12.2. The van der Waals surface area contributed by atoms with Crippen LogP contribution in [0.1, 0.15) is 11.1 Å². The third-order valence-corrected chi connectivity index (χ3v) is 3.14. The van der Waals surface area contributed by atoms with Gasteiger partial charge in [-0.25, -0.2) is 4.98 Å². The number of nitrogens with zero attached hydrogens (tertiary/aromatic N) is 3. The van der Waals surface area contributed by atoms with Gasteiger partial charge in [-0.3, -0.25) is 0 Å². The second-order valence-electron chi connectivity index (χ2n) is 4.94. The molecule has 0 atom stereocenters. The minimum absolute atomic E-state index is 0.0153. The molecule has 0 saturated heterocycles. The van der Waals surface area contributed by atoms with Gasteiger partial charge < -0.3 is 20.9 Å². The molecular weight excluding hydrogens is 339 g/mol. The van der Waals surface area contributed by atoms with E-state index in [1.807, 2.05) is 6.07 Å². The largest absolute Gasteiger partial charge is 0.496 e. The van der Waals surface area contributed by atoms with Crippen molar-refractivity contribution in [3.05, 3.63) is 29.3 Å². The van der Waals surface area contributed by atoms with Gasteiger partial charge >= 0.3 is 6.18 Å². The summed E-state index contributed by atoms with van der Waals surface area (Å²) >= 11 is 0. The van der Waals surface area contributed by atoms with Crippen LogP contribution in [0, 0.1) is 11.3 Å². The Morgan fingerprint density at radius 3 is 2.56 bits per heavy atom. The summed E-state index contributed by atoms with van der Waals surface area (Å²) in [5.74, 6) is 0.118. The van der Waals surface area contributed by atoms with Gasteiger partial charge in [0.15, 0.2) is 0 Å². The number of anilines is 2. The average Bonchev–Trinajstić information content (AvgIpc) is 2.53. The molecule has 7 nitrogen and oxygen atoms in total. The molecule has 0 radical (unpaired) electrons. The number of hydrogen-bond acceptors (Lipinski definition) is 7. The van der Waals surface area contributed by atoms with E-state index in [1.54, 1.807) is 6.07 Å². The Bertz CT molecular complexity index is 818. The summed E-state index contributed by atoms with van der Waals surface area (Å²) in [7, 11) is 1.38. The van der Waals surface area contributed by atoms with Gasteiger partial charge in [0.2, 0.25) is 5.95 Å².